The van der Waals surface area contributed by atoms with E-state index in [4.69, 9.17) is 0 Å². The van der Waals surface area contributed by atoms with Crippen molar-refractivity contribution in [3.63, 3.8) is 0 Å². The predicted molar refractivity (Wildman–Crippen MR) is 119 cm³/mol. The van der Waals surface area contributed by atoms with E-state index in [0.717, 1.165) is 15.7 Å². The molecule has 3 nitrogen and oxygen atoms in total. The van der Waals surface area contributed by atoms with Crippen LogP contribution in [0.5, 0.6) is 0 Å². The molecule has 1 N–H and O–H groups in total. The summed E-state index contributed by atoms with van der Waals surface area (Å²) in [6.07, 6.45) is 11.9. The Balaban J connectivity index is 1.31. The fourth-order valence-corrected chi connectivity index (χ4v) is 4.78. The molecule has 2 aromatic rings. The van der Waals surface area contributed by atoms with Gasteiger partial charge in [0.15, 0.2) is 0 Å². The zero-order chi connectivity index (χ0) is 18.5. The first-order valence-corrected chi connectivity index (χ1v) is 10.9. The summed E-state index contributed by atoms with van der Waals surface area (Å²) in [7, 11) is 0. The van der Waals surface area contributed by atoms with Gasteiger partial charge in [0.2, 0.25) is 0 Å². The molecular weight excluding hydrogens is 398 g/mol. The molecule has 2 fully saturated rings. The van der Waals surface area contributed by atoms with Crippen molar-refractivity contribution in [3.8, 4) is 0 Å². The lowest BCUT2D eigenvalue weighted by Crippen LogP contribution is -2.41. The first kappa shape index (κ1) is 18.5. The minimum atomic E-state index is 0.667. The average molecular weight is 426 g/mol. The number of halogens is 1. The summed E-state index contributed by atoms with van der Waals surface area (Å²) in [5.74, 6) is 0. The number of nitrogens with one attached hydrogen (secondary N) is 1. The summed E-state index contributed by atoms with van der Waals surface area (Å²) >= 11 is 3.44. The molecule has 0 atom stereocenters. The topological polar surface area (TPSA) is 27.6 Å². The van der Waals surface area contributed by atoms with Crippen LogP contribution in [-0.4, -0.2) is 19.3 Å². The molecule has 0 bridgehead atoms. The highest BCUT2D eigenvalue weighted by Gasteiger charge is 2.35. The maximum Gasteiger partial charge on any atom is 0.0562 e. The lowest BCUT2D eigenvalue weighted by molar-refractivity contribution is 0.144. The van der Waals surface area contributed by atoms with Gasteiger partial charge in [0.1, 0.15) is 0 Å². The second kappa shape index (κ2) is 8.47. The number of hydrogen-bond acceptors (Lipinski definition) is 3. The monoisotopic (exact) mass is 425 g/mol. The maximum atomic E-state index is 4.34. The number of hydrogen-bond donors (Lipinski definition) is 1. The van der Waals surface area contributed by atoms with E-state index in [1.807, 2.05) is 30.5 Å². The van der Waals surface area contributed by atoms with Crippen LogP contribution in [0.15, 0.2) is 58.1 Å². The Hall–Kier alpha value is -1.81. The van der Waals surface area contributed by atoms with Gasteiger partial charge in [-0.15, -0.1) is 0 Å². The molecule has 4 heteroatoms. The molecule has 1 aliphatic heterocycles. The Morgan fingerprint density at radius 1 is 0.852 bits per heavy atom. The maximum absolute atomic E-state index is 4.34. The Kier molecular flexibility index (Phi) is 5.82. The fourth-order valence-electron chi connectivity index (χ4n) is 4.52. The third-order valence-corrected chi connectivity index (χ3v) is 6.78. The number of piperidine rings is 1. The smallest absolute Gasteiger partial charge is 0.0562 e. The highest BCUT2D eigenvalue weighted by Crippen LogP contribution is 2.45. The molecule has 0 aromatic heterocycles. The van der Waals surface area contributed by atoms with E-state index in [-0.39, 0.29) is 0 Å². The van der Waals surface area contributed by atoms with Crippen LogP contribution in [0.1, 0.15) is 50.5 Å². The molecule has 142 valence electrons. The molecule has 2 aliphatic rings. The van der Waals surface area contributed by atoms with E-state index < -0.39 is 0 Å². The third-order valence-electron chi connectivity index (χ3n) is 6.25. The predicted octanol–water partition coefficient (Wildman–Crippen LogP) is 6.45. The molecule has 0 radical (unpaired) electrons. The number of nitrogens with zero attached hydrogens (tertiary/aromatic N) is 2. The Morgan fingerprint density at radius 3 is 2.19 bits per heavy atom. The average Bonchev–Trinajstić information content (AvgIpc) is 2.71. The van der Waals surface area contributed by atoms with Crippen LogP contribution in [0, 0.1) is 5.41 Å². The molecule has 1 heterocycles. The normalized spacial score (nSPS) is 19.5. The van der Waals surface area contributed by atoms with Crippen LogP contribution in [0.2, 0.25) is 0 Å². The Labute approximate surface area is 171 Å². The van der Waals surface area contributed by atoms with Gasteiger partial charge in [0, 0.05) is 23.2 Å². The fraction of sp³-hybridized carbons (Fsp3) is 0.435. The molecule has 1 saturated carbocycles. The lowest BCUT2D eigenvalue weighted by Gasteiger charge is -2.45. The molecule has 2 aromatic carbocycles. The molecule has 1 aliphatic carbocycles. The van der Waals surface area contributed by atoms with Crippen molar-refractivity contribution in [1.82, 2.24) is 0 Å². The van der Waals surface area contributed by atoms with E-state index in [1.165, 1.54) is 63.7 Å². The second-order valence-electron chi connectivity index (χ2n) is 8.02. The van der Waals surface area contributed by atoms with Crippen molar-refractivity contribution in [2.75, 3.05) is 23.4 Å². The van der Waals surface area contributed by atoms with E-state index in [0.29, 0.717) is 5.41 Å². The Morgan fingerprint density at radius 2 is 1.52 bits per heavy atom. The molecular formula is C23H28BrN3. The summed E-state index contributed by atoms with van der Waals surface area (Å²) in [4.78, 5) is 2.56. The van der Waals surface area contributed by atoms with Crippen LogP contribution in [0.25, 0.3) is 0 Å². The minimum absolute atomic E-state index is 0.667. The van der Waals surface area contributed by atoms with Gasteiger partial charge in [-0.2, -0.15) is 5.10 Å². The summed E-state index contributed by atoms with van der Waals surface area (Å²) in [5, 5.41) is 4.34. The lowest BCUT2D eigenvalue weighted by atomic mass is 9.68. The molecule has 4 rings (SSSR count). The Bertz CT molecular complexity index is 751. The third kappa shape index (κ3) is 4.73. The zero-order valence-electron chi connectivity index (χ0n) is 15.8. The largest absolute Gasteiger partial charge is 0.371 e. The van der Waals surface area contributed by atoms with Crippen LogP contribution < -0.4 is 10.3 Å². The molecule has 0 amide bonds. The highest BCUT2D eigenvalue weighted by atomic mass is 79.9. The second-order valence-corrected chi connectivity index (χ2v) is 8.93. The van der Waals surface area contributed by atoms with Crippen molar-refractivity contribution in [1.29, 1.82) is 0 Å². The summed E-state index contributed by atoms with van der Waals surface area (Å²) < 4.78 is 1.07. The van der Waals surface area contributed by atoms with Gasteiger partial charge >= 0.3 is 0 Å². The van der Waals surface area contributed by atoms with Crippen molar-refractivity contribution >= 4 is 33.5 Å². The van der Waals surface area contributed by atoms with Crippen LogP contribution in [-0.2, 0) is 0 Å². The van der Waals surface area contributed by atoms with Crippen molar-refractivity contribution in [2.24, 2.45) is 10.5 Å². The number of anilines is 2. The molecule has 0 unspecified atom stereocenters. The first-order chi connectivity index (χ1) is 13.2. The van der Waals surface area contributed by atoms with Gasteiger partial charge < -0.3 is 4.90 Å². The van der Waals surface area contributed by atoms with Gasteiger partial charge in [-0.05, 0) is 73.1 Å². The van der Waals surface area contributed by atoms with Crippen LogP contribution in [0.3, 0.4) is 0 Å². The van der Waals surface area contributed by atoms with Gasteiger partial charge in [0.05, 0.1) is 11.9 Å². The first-order valence-electron chi connectivity index (χ1n) is 10.1. The summed E-state index contributed by atoms with van der Waals surface area (Å²) in [6.45, 7) is 2.41. The van der Waals surface area contributed by atoms with E-state index in [1.54, 1.807) is 0 Å². The van der Waals surface area contributed by atoms with Crippen molar-refractivity contribution in [3.05, 3.63) is 58.6 Å². The number of rotatable bonds is 4. The minimum Gasteiger partial charge on any atom is -0.371 e. The quantitative estimate of drug-likeness (QED) is 0.450. The SMILES string of the molecule is Brc1ccc(NN=Cc2ccc(N3CCC4(CCCCC4)CC3)cc2)cc1. The molecule has 1 saturated heterocycles. The summed E-state index contributed by atoms with van der Waals surface area (Å²) in [6, 6.07) is 16.8. The zero-order valence-corrected chi connectivity index (χ0v) is 17.4. The van der Waals surface area contributed by atoms with Gasteiger partial charge in [-0.25, -0.2) is 0 Å². The van der Waals surface area contributed by atoms with E-state index in [2.05, 4.69) is 55.6 Å². The van der Waals surface area contributed by atoms with Crippen molar-refractivity contribution in [2.45, 2.75) is 44.9 Å². The number of benzene rings is 2. The van der Waals surface area contributed by atoms with E-state index in [9.17, 15) is 0 Å². The standard InChI is InChI=1S/C23H28BrN3/c24-20-6-8-21(9-7-20)26-25-18-19-4-10-22(11-5-19)27-16-14-23(15-17-27)12-2-1-3-13-23/h4-11,18,26H,1-3,12-17H2. The van der Waals surface area contributed by atoms with Crippen LogP contribution in [0.4, 0.5) is 11.4 Å². The van der Waals surface area contributed by atoms with Gasteiger partial charge in [-0.1, -0.05) is 47.3 Å². The van der Waals surface area contributed by atoms with Crippen molar-refractivity contribution < 1.29 is 0 Å². The van der Waals surface area contributed by atoms with Gasteiger partial charge in [0.25, 0.3) is 0 Å². The highest BCUT2D eigenvalue weighted by molar-refractivity contribution is 9.10. The van der Waals surface area contributed by atoms with Gasteiger partial charge in [-0.3, -0.25) is 5.43 Å². The molecule has 1 spiro atoms. The van der Waals surface area contributed by atoms with E-state index >= 15 is 0 Å². The molecule has 27 heavy (non-hydrogen) atoms. The number of hydrazone groups is 1. The summed E-state index contributed by atoms with van der Waals surface area (Å²) in [5.41, 5.74) is 7.18. The van der Waals surface area contributed by atoms with Crippen LogP contribution >= 0.6 is 15.9 Å².